The number of pyridine rings is 1. The summed E-state index contributed by atoms with van der Waals surface area (Å²) in [7, 11) is 0. The predicted octanol–water partition coefficient (Wildman–Crippen LogP) is 1.68. The van der Waals surface area contributed by atoms with Gasteiger partial charge in [-0.2, -0.15) is 0 Å². The molecule has 3 heteroatoms. The fourth-order valence-corrected chi connectivity index (χ4v) is 1.74. The van der Waals surface area contributed by atoms with Gasteiger partial charge in [0.05, 0.1) is 5.69 Å². The van der Waals surface area contributed by atoms with E-state index in [9.17, 15) is 0 Å². The van der Waals surface area contributed by atoms with Crippen molar-refractivity contribution in [3.63, 3.8) is 0 Å². The molecule has 1 aliphatic rings. The molecule has 2 nitrogen and oxygen atoms in total. The van der Waals surface area contributed by atoms with Crippen LogP contribution in [0, 0.1) is 0 Å². The highest BCUT2D eigenvalue weighted by Gasteiger charge is 2.21. The Bertz CT molecular complexity index is 285. The summed E-state index contributed by atoms with van der Waals surface area (Å²) in [4.78, 5) is 4.19. The first-order valence-electron chi connectivity index (χ1n) is 3.68. The van der Waals surface area contributed by atoms with E-state index in [1.807, 2.05) is 6.07 Å². The number of hydrogen-bond donors (Lipinski definition) is 1. The van der Waals surface area contributed by atoms with Crippen LogP contribution in [0.4, 0.5) is 0 Å². The maximum Gasteiger partial charge on any atom is 0.0617 e. The molecule has 0 saturated carbocycles. The van der Waals surface area contributed by atoms with Crippen LogP contribution in [0.2, 0.25) is 5.02 Å². The first-order valence-corrected chi connectivity index (χ1v) is 4.05. The van der Waals surface area contributed by atoms with E-state index in [4.69, 9.17) is 17.3 Å². The van der Waals surface area contributed by atoms with Gasteiger partial charge in [0.15, 0.2) is 0 Å². The number of nitrogens with two attached hydrogens (primary N) is 1. The van der Waals surface area contributed by atoms with E-state index in [2.05, 4.69) is 4.98 Å². The number of rotatable bonds is 0. The normalized spacial score (nSPS) is 21.8. The number of hydrogen-bond acceptors (Lipinski definition) is 2. The summed E-state index contributed by atoms with van der Waals surface area (Å²) < 4.78 is 0. The van der Waals surface area contributed by atoms with E-state index in [1.165, 1.54) is 0 Å². The number of aromatic nitrogens is 1. The van der Waals surface area contributed by atoms with Crippen LogP contribution < -0.4 is 5.73 Å². The van der Waals surface area contributed by atoms with Gasteiger partial charge in [-0.25, -0.2) is 0 Å². The highest BCUT2D eigenvalue weighted by molar-refractivity contribution is 6.31. The molecular formula is C8H9ClN2. The van der Waals surface area contributed by atoms with Crippen molar-refractivity contribution in [2.24, 2.45) is 5.73 Å². The van der Waals surface area contributed by atoms with Crippen molar-refractivity contribution in [3.8, 4) is 0 Å². The Morgan fingerprint density at radius 1 is 1.64 bits per heavy atom. The summed E-state index contributed by atoms with van der Waals surface area (Å²) in [6.07, 6.45) is 3.67. The standard InChI is InChI=1S/C8H9ClN2/c9-6-3-4-11-8-5(6)1-2-7(8)10/h3-4,7H,1-2,10H2/t7-/m1/s1. The summed E-state index contributed by atoms with van der Waals surface area (Å²) in [6.45, 7) is 0. The fraction of sp³-hybridized carbons (Fsp3) is 0.375. The molecule has 58 valence electrons. The number of halogens is 1. The quantitative estimate of drug-likeness (QED) is 0.640. The monoisotopic (exact) mass is 168 g/mol. The number of fused-ring (bicyclic) bond motifs is 1. The van der Waals surface area contributed by atoms with E-state index in [1.54, 1.807) is 6.20 Å². The Kier molecular flexibility index (Phi) is 1.59. The molecular weight excluding hydrogens is 160 g/mol. The molecule has 0 bridgehead atoms. The molecule has 0 aromatic carbocycles. The summed E-state index contributed by atoms with van der Waals surface area (Å²) >= 11 is 5.94. The largest absolute Gasteiger partial charge is 0.323 e. The molecule has 1 aromatic rings. The molecule has 0 fully saturated rings. The van der Waals surface area contributed by atoms with Gasteiger partial charge in [0.2, 0.25) is 0 Å². The van der Waals surface area contributed by atoms with Crippen molar-refractivity contribution < 1.29 is 0 Å². The minimum atomic E-state index is 0.101. The Hall–Kier alpha value is -0.600. The zero-order valence-corrected chi connectivity index (χ0v) is 6.80. The Labute approximate surface area is 70.4 Å². The fourth-order valence-electron chi connectivity index (χ4n) is 1.49. The van der Waals surface area contributed by atoms with Crippen LogP contribution in [0.5, 0.6) is 0 Å². The van der Waals surface area contributed by atoms with Gasteiger partial charge in [0.25, 0.3) is 0 Å². The molecule has 1 atom stereocenters. The Morgan fingerprint density at radius 3 is 3.18 bits per heavy atom. The molecule has 1 aromatic heterocycles. The lowest BCUT2D eigenvalue weighted by Crippen LogP contribution is -2.06. The smallest absolute Gasteiger partial charge is 0.0617 e. The van der Waals surface area contributed by atoms with E-state index in [0.29, 0.717) is 0 Å². The summed E-state index contributed by atoms with van der Waals surface area (Å²) in [6, 6.07) is 1.92. The Morgan fingerprint density at radius 2 is 2.45 bits per heavy atom. The molecule has 2 rings (SSSR count). The summed E-state index contributed by atoms with van der Waals surface area (Å²) in [5.74, 6) is 0. The molecule has 0 spiro atoms. The van der Waals surface area contributed by atoms with Crippen LogP contribution in [0.3, 0.4) is 0 Å². The zero-order chi connectivity index (χ0) is 7.84. The average molecular weight is 169 g/mol. The van der Waals surface area contributed by atoms with Crippen LogP contribution in [-0.2, 0) is 6.42 Å². The van der Waals surface area contributed by atoms with E-state index in [0.717, 1.165) is 29.1 Å². The van der Waals surface area contributed by atoms with Crippen LogP contribution in [0.15, 0.2) is 12.3 Å². The molecule has 11 heavy (non-hydrogen) atoms. The van der Waals surface area contributed by atoms with Crippen molar-refractivity contribution in [2.45, 2.75) is 18.9 Å². The number of nitrogens with zero attached hydrogens (tertiary/aromatic N) is 1. The molecule has 1 aliphatic carbocycles. The molecule has 1 heterocycles. The lowest BCUT2D eigenvalue weighted by atomic mass is 10.2. The van der Waals surface area contributed by atoms with E-state index >= 15 is 0 Å². The lowest BCUT2D eigenvalue weighted by molar-refractivity contribution is 0.698. The van der Waals surface area contributed by atoms with Gasteiger partial charge in [-0.3, -0.25) is 4.98 Å². The minimum absolute atomic E-state index is 0.101. The van der Waals surface area contributed by atoms with Gasteiger partial charge in [-0.1, -0.05) is 11.6 Å². The third-order valence-electron chi connectivity index (χ3n) is 2.09. The maximum atomic E-state index is 5.94. The second-order valence-corrected chi connectivity index (χ2v) is 3.21. The van der Waals surface area contributed by atoms with Crippen LogP contribution >= 0.6 is 11.6 Å². The van der Waals surface area contributed by atoms with Crippen LogP contribution in [-0.4, -0.2) is 4.98 Å². The van der Waals surface area contributed by atoms with Crippen molar-refractivity contribution in [1.29, 1.82) is 0 Å². The highest BCUT2D eigenvalue weighted by atomic mass is 35.5. The van der Waals surface area contributed by atoms with Crippen molar-refractivity contribution >= 4 is 11.6 Å². The van der Waals surface area contributed by atoms with Gasteiger partial charge in [0.1, 0.15) is 0 Å². The molecule has 0 unspecified atom stereocenters. The van der Waals surface area contributed by atoms with Gasteiger partial charge >= 0.3 is 0 Å². The van der Waals surface area contributed by atoms with Crippen LogP contribution in [0.25, 0.3) is 0 Å². The van der Waals surface area contributed by atoms with Gasteiger partial charge in [0, 0.05) is 17.3 Å². The molecule has 0 saturated heterocycles. The van der Waals surface area contributed by atoms with E-state index in [-0.39, 0.29) is 6.04 Å². The first-order chi connectivity index (χ1) is 5.29. The topological polar surface area (TPSA) is 38.9 Å². The predicted molar refractivity (Wildman–Crippen MR) is 44.5 cm³/mol. The third-order valence-corrected chi connectivity index (χ3v) is 2.44. The van der Waals surface area contributed by atoms with Gasteiger partial charge < -0.3 is 5.73 Å². The van der Waals surface area contributed by atoms with Crippen molar-refractivity contribution in [1.82, 2.24) is 4.98 Å². The molecule has 0 aliphatic heterocycles. The summed E-state index contributed by atoms with van der Waals surface area (Å²) in [5.41, 5.74) is 7.92. The van der Waals surface area contributed by atoms with Crippen molar-refractivity contribution in [3.05, 3.63) is 28.5 Å². The lowest BCUT2D eigenvalue weighted by Gasteiger charge is -2.02. The Balaban J connectivity index is 2.57. The second kappa shape index (κ2) is 2.47. The van der Waals surface area contributed by atoms with Gasteiger partial charge in [-0.05, 0) is 24.5 Å². The van der Waals surface area contributed by atoms with Crippen molar-refractivity contribution in [2.75, 3.05) is 0 Å². The average Bonchev–Trinajstić information content (AvgIpc) is 2.35. The third kappa shape index (κ3) is 1.03. The molecule has 2 N–H and O–H groups in total. The minimum Gasteiger partial charge on any atom is -0.323 e. The molecule has 0 amide bonds. The first kappa shape index (κ1) is 7.07. The SMILES string of the molecule is N[C@@H]1CCc2c(Cl)ccnc21. The van der Waals surface area contributed by atoms with Crippen LogP contribution in [0.1, 0.15) is 23.7 Å². The summed E-state index contributed by atoms with van der Waals surface area (Å²) in [5, 5.41) is 0.808. The van der Waals surface area contributed by atoms with Gasteiger partial charge in [-0.15, -0.1) is 0 Å². The highest BCUT2D eigenvalue weighted by Crippen LogP contribution is 2.31. The molecule has 0 radical (unpaired) electrons. The van der Waals surface area contributed by atoms with E-state index < -0.39 is 0 Å². The second-order valence-electron chi connectivity index (χ2n) is 2.80. The maximum absolute atomic E-state index is 5.94. The zero-order valence-electron chi connectivity index (χ0n) is 6.05.